The smallest absolute Gasteiger partial charge is 0.379 e. The first-order valence-electron chi connectivity index (χ1n) is 8.31. The van der Waals surface area contributed by atoms with Crippen LogP contribution >= 0.6 is 11.8 Å². The van der Waals surface area contributed by atoms with Crippen molar-refractivity contribution in [2.45, 2.75) is 29.8 Å². The van der Waals surface area contributed by atoms with Crippen LogP contribution in [0.4, 0.5) is 37.7 Å². The molecule has 2 N–H and O–H groups in total. The fourth-order valence-corrected chi connectivity index (χ4v) is 3.28. The number of benzene rings is 2. The topological polar surface area (TPSA) is 92.5 Å². The first kappa shape index (κ1) is 24.5. The number of thioether (sulfide) groups is 1. The molecule has 0 saturated heterocycles. The second kappa shape index (κ2) is 8.75. The number of hydrogen-bond acceptors (Lipinski definition) is 5. The summed E-state index contributed by atoms with van der Waals surface area (Å²) in [6, 6.07) is 5.93. The van der Waals surface area contributed by atoms with Gasteiger partial charge in [-0.15, -0.1) is 11.8 Å². The van der Waals surface area contributed by atoms with Gasteiger partial charge in [0.05, 0.1) is 10.5 Å². The van der Waals surface area contributed by atoms with Crippen LogP contribution in [0.5, 0.6) is 0 Å². The molecule has 2 aromatic rings. The van der Waals surface area contributed by atoms with Crippen LogP contribution < -0.4 is 5.32 Å². The minimum absolute atomic E-state index is 0.109. The Morgan fingerprint density at radius 2 is 1.74 bits per heavy atom. The molecule has 0 radical (unpaired) electrons. The molecule has 0 aliphatic rings. The van der Waals surface area contributed by atoms with Gasteiger partial charge in [0.15, 0.2) is 0 Å². The molecule has 1 unspecified atom stereocenters. The molecule has 13 heteroatoms. The van der Waals surface area contributed by atoms with Crippen molar-refractivity contribution in [1.82, 2.24) is 0 Å². The fourth-order valence-electron chi connectivity index (χ4n) is 2.32. The number of hydrogen-bond donors (Lipinski definition) is 2. The molecule has 0 fully saturated rings. The summed E-state index contributed by atoms with van der Waals surface area (Å²) < 4.78 is 77.4. The average Bonchev–Trinajstić information content (AvgIpc) is 2.65. The van der Waals surface area contributed by atoms with Crippen LogP contribution in [0, 0.1) is 10.1 Å². The van der Waals surface area contributed by atoms with E-state index in [-0.39, 0.29) is 4.90 Å². The summed E-state index contributed by atoms with van der Waals surface area (Å²) in [5.74, 6) is -1.56. The largest absolute Gasteiger partial charge is 0.423 e. The number of amides is 1. The molecule has 0 bridgehead atoms. The zero-order valence-corrected chi connectivity index (χ0v) is 16.4. The Kier molecular flexibility index (Phi) is 6.90. The summed E-state index contributed by atoms with van der Waals surface area (Å²) in [6.07, 6.45) is -9.65. The van der Waals surface area contributed by atoms with Gasteiger partial charge in [0, 0.05) is 22.4 Å². The van der Waals surface area contributed by atoms with Gasteiger partial charge < -0.3 is 10.4 Å². The highest BCUT2D eigenvalue weighted by atomic mass is 32.2. The number of nitro benzene ring substituents is 1. The van der Waals surface area contributed by atoms with Crippen LogP contribution in [0.3, 0.4) is 0 Å². The van der Waals surface area contributed by atoms with Crippen molar-refractivity contribution in [3.05, 3.63) is 63.7 Å². The summed E-state index contributed by atoms with van der Waals surface area (Å²) >= 11 is 0.730. The predicted molar refractivity (Wildman–Crippen MR) is 99.5 cm³/mol. The van der Waals surface area contributed by atoms with Crippen molar-refractivity contribution < 1.29 is 41.2 Å². The molecule has 0 saturated carbocycles. The summed E-state index contributed by atoms with van der Waals surface area (Å²) in [7, 11) is 0. The number of nitro groups is 1. The Hall–Kier alpha value is -2.80. The number of carbonyl (C=O) groups excluding carboxylic acids is 1. The Morgan fingerprint density at radius 1 is 1.10 bits per heavy atom. The van der Waals surface area contributed by atoms with Crippen molar-refractivity contribution in [2.24, 2.45) is 0 Å². The Bertz CT molecular complexity index is 992. The fraction of sp³-hybridized carbons (Fsp3) is 0.278. The monoisotopic (exact) mass is 468 g/mol. The Labute approximate surface area is 175 Å². The lowest BCUT2D eigenvalue weighted by Crippen LogP contribution is -2.42. The quantitative estimate of drug-likeness (QED) is 0.266. The van der Waals surface area contributed by atoms with Crippen molar-refractivity contribution in [3.63, 3.8) is 0 Å². The zero-order valence-electron chi connectivity index (χ0n) is 15.5. The maximum absolute atomic E-state index is 13.0. The molecule has 6 nitrogen and oxygen atoms in total. The van der Waals surface area contributed by atoms with Crippen molar-refractivity contribution in [2.75, 3.05) is 11.1 Å². The predicted octanol–water partition coefficient (Wildman–Crippen LogP) is 5.11. The van der Waals surface area contributed by atoms with Crippen molar-refractivity contribution in [3.8, 4) is 0 Å². The Balaban J connectivity index is 2.15. The van der Waals surface area contributed by atoms with Crippen LogP contribution in [0.1, 0.15) is 18.1 Å². The zero-order chi connectivity index (χ0) is 23.6. The first-order chi connectivity index (χ1) is 14.1. The van der Waals surface area contributed by atoms with Crippen LogP contribution in [0.15, 0.2) is 47.4 Å². The van der Waals surface area contributed by atoms with E-state index in [4.69, 9.17) is 0 Å². The third-order valence-electron chi connectivity index (χ3n) is 3.93. The molecular weight excluding hydrogens is 454 g/mol. The average molecular weight is 468 g/mol. The highest BCUT2D eigenvalue weighted by Crippen LogP contribution is 2.38. The third kappa shape index (κ3) is 6.34. The van der Waals surface area contributed by atoms with E-state index in [0.29, 0.717) is 12.1 Å². The molecular formula is C18H14F6N2O4S. The van der Waals surface area contributed by atoms with E-state index in [1.165, 1.54) is 6.07 Å². The highest BCUT2D eigenvalue weighted by Gasteiger charge is 2.39. The molecule has 0 spiro atoms. The number of aliphatic hydroxyl groups is 1. The second-order valence-corrected chi connectivity index (χ2v) is 7.58. The van der Waals surface area contributed by atoms with Crippen LogP contribution in [0.2, 0.25) is 0 Å². The van der Waals surface area contributed by atoms with Gasteiger partial charge in [-0.2, -0.15) is 26.3 Å². The van der Waals surface area contributed by atoms with Crippen LogP contribution in [-0.2, 0) is 17.1 Å². The van der Waals surface area contributed by atoms with E-state index in [1.807, 2.05) is 5.32 Å². The van der Waals surface area contributed by atoms with Crippen molar-refractivity contribution >= 4 is 29.0 Å². The lowest BCUT2D eigenvalue weighted by molar-refractivity contribution is -0.388. The van der Waals surface area contributed by atoms with E-state index in [9.17, 15) is 46.4 Å². The number of carbonyl (C=O) groups is 1. The molecule has 2 aromatic carbocycles. The number of nitrogens with zero attached hydrogens (tertiary/aromatic N) is 1. The SMILES string of the molecule is CC(O)(CSc1cccc(C(F)(F)F)c1)C(=O)Nc1ccc([N+](=O)[O-])c(C(F)(F)F)c1. The molecule has 0 aliphatic carbocycles. The lowest BCUT2D eigenvalue weighted by Gasteiger charge is -2.22. The molecule has 1 atom stereocenters. The maximum atomic E-state index is 13.0. The van der Waals surface area contributed by atoms with E-state index < -0.39 is 57.0 Å². The van der Waals surface area contributed by atoms with Crippen LogP contribution in [0.25, 0.3) is 0 Å². The second-order valence-electron chi connectivity index (χ2n) is 6.53. The van der Waals surface area contributed by atoms with Gasteiger partial charge in [-0.05, 0) is 37.3 Å². The van der Waals surface area contributed by atoms with E-state index in [0.717, 1.165) is 43.0 Å². The molecule has 0 aromatic heterocycles. The Morgan fingerprint density at radius 3 is 2.29 bits per heavy atom. The van der Waals surface area contributed by atoms with Gasteiger partial charge in [-0.25, -0.2) is 0 Å². The number of anilines is 1. The summed E-state index contributed by atoms with van der Waals surface area (Å²) in [5, 5.41) is 23.1. The molecule has 1 amide bonds. The minimum atomic E-state index is -5.06. The molecule has 168 valence electrons. The molecule has 0 heterocycles. The maximum Gasteiger partial charge on any atom is 0.423 e. The van der Waals surface area contributed by atoms with Gasteiger partial charge in [-0.3, -0.25) is 14.9 Å². The molecule has 31 heavy (non-hydrogen) atoms. The summed E-state index contributed by atoms with van der Waals surface area (Å²) in [6.45, 7) is 1.03. The number of halogens is 6. The van der Waals surface area contributed by atoms with Crippen LogP contribution in [-0.4, -0.2) is 27.3 Å². The first-order valence-corrected chi connectivity index (χ1v) is 9.29. The van der Waals surface area contributed by atoms with Gasteiger partial charge in [0.1, 0.15) is 11.2 Å². The van der Waals surface area contributed by atoms with Gasteiger partial charge >= 0.3 is 12.4 Å². The van der Waals surface area contributed by atoms with Gasteiger partial charge in [-0.1, -0.05) is 6.07 Å². The highest BCUT2D eigenvalue weighted by molar-refractivity contribution is 7.99. The molecule has 2 rings (SSSR count). The van der Waals surface area contributed by atoms with Crippen molar-refractivity contribution in [1.29, 1.82) is 0 Å². The van der Waals surface area contributed by atoms with E-state index in [2.05, 4.69) is 0 Å². The normalized spacial score (nSPS) is 14.1. The van der Waals surface area contributed by atoms with E-state index in [1.54, 1.807) is 0 Å². The lowest BCUT2D eigenvalue weighted by atomic mass is 10.1. The third-order valence-corrected chi connectivity index (χ3v) is 5.22. The van der Waals surface area contributed by atoms with Gasteiger partial charge in [0.2, 0.25) is 0 Å². The molecule has 0 aliphatic heterocycles. The van der Waals surface area contributed by atoms with Gasteiger partial charge in [0.25, 0.3) is 11.6 Å². The summed E-state index contributed by atoms with van der Waals surface area (Å²) in [5.41, 5.74) is -6.36. The standard InChI is InChI=1S/C18H14F6N2O4S/c1-16(28,9-31-12-4-2-3-10(7-12)17(19,20)21)15(27)25-11-5-6-14(26(29)30)13(8-11)18(22,23)24/h2-8,28H,9H2,1H3,(H,25,27). The number of rotatable bonds is 6. The summed E-state index contributed by atoms with van der Waals surface area (Å²) in [4.78, 5) is 21.9. The van der Waals surface area contributed by atoms with E-state index >= 15 is 0 Å². The number of nitrogens with one attached hydrogen (secondary N) is 1. The minimum Gasteiger partial charge on any atom is -0.379 e. The number of alkyl halides is 6.